The summed E-state index contributed by atoms with van der Waals surface area (Å²) in [6.45, 7) is 4.72. The van der Waals surface area contributed by atoms with Gasteiger partial charge in [0.1, 0.15) is 6.10 Å². The van der Waals surface area contributed by atoms with E-state index in [9.17, 15) is 14.3 Å². The van der Waals surface area contributed by atoms with E-state index in [-0.39, 0.29) is 38.8 Å². The van der Waals surface area contributed by atoms with E-state index in [0.717, 1.165) is 51.4 Å². The molecule has 0 aromatic heterocycles. The highest BCUT2D eigenvalue weighted by atomic mass is 31.2. The number of esters is 1. The molecule has 0 aliphatic heterocycles. The molecule has 0 saturated carbocycles. The molecule has 0 rings (SSSR count). The number of unbranched alkanes of at least 4 members (excludes halogenated alkanes) is 14. The third-order valence-electron chi connectivity index (χ3n) is 7.95. The molecule has 8 nitrogen and oxygen atoms in total. The number of phosphoric ester groups is 1. The second kappa shape index (κ2) is 38.4. The fraction of sp³-hybridized carbons (Fsp3) is 0.732. The van der Waals surface area contributed by atoms with Crippen LogP contribution in [0.5, 0.6) is 0 Å². The largest absolute Gasteiger partial charge is 0.472 e. The van der Waals surface area contributed by atoms with E-state index in [1.54, 1.807) is 0 Å². The molecule has 0 radical (unpaired) electrons. The number of hydrogen-bond acceptors (Lipinski definition) is 7. The Hall–Kier alpha value is -1.80. The van der Waals surface area contributed by atoms with Crippen LogP contribution in [0.4, 0.5) is 0 Å². The zero-order valence-electron chi connectivity index (χ0n) is 31.9. The van der Waals surface area contributed by atoms with Crippen LogP contribution in [-0.2, 0) is 27.9 Å². The molecule has 2 atom stereocenters. The summed E-state index contributed by atoms with van der Waals surface area (Å²) in [5, 5.41) is 0. The maximum atomic E-state index is 12.5. The highest BCUT2D eigenvalue weighted by Crippen LogP contribution is 2.43. The van der Waals surface area contributed by atoms with Crippen molar-refractivity contribution in [1.29, 1.82) is 0 Å². The zero-order chi connectivity index (χ0) is 36.6. The number of rotatable bonds is 37. The maximum Gasteiger partial charge on any atom is 0.472 e. The van der Waals surface area contributed by atoms with Crippen LogP contribution in [0.15, 0.2) is 60.8 Å². The van der Waals surface area contributed by atoms with Gasteiger partial charge in [-0.3, -0.25) is 13.8 Å². The fourth-order valence-corrected chi connectivity index (χ4v) is 5.86. The minimum atomic E-state index is -4.29. The number of nitrogens with two attached hydrogens (primary N) is 1. The summed E-state index contributed by atoms with van der Waals surface area (Å²) in [5.74, 6) is -0.387. The summed E-state index contributed by atoms with van der Waals surface area (Å²) in [7, 11) is -4.29. The van der Waals surface area contributed by atoms with Crippen molar-refractivity contribution in [3.05, 3.63) is 60.8 Å². The quantitative estimate of drug-likeness (QED) is 0.0281. The van der Waals surface area contributed by atoms with Crippen LogP contribution in [0.3, 0.4) is 0 Å². The van der Waals surface area contributed by atoms with E-state index < -0.39 is 13.9 Å². The maximum absolute atomic E-state index is 12.5. The number of carbonyl (C=O) groups is 1. The fourth-order valence-electron chi connectivity index (χ4n) is 5.09. The Morgan fingerprint density at radius 3 is 1.60 bits per heavy atom. The Balaban J connectivity index is 4.19. The first-order valence-corrected chi connectivity index (χ1v) is 21.3. The lowest BCUT2D eigenvalue weighted by Crippen LogP contribution is -2.28. The van der Waals surface area contributed by atoms with E-state index in [2.05, 4.69) is 74.6 Å². The van der Waals surface area contributed by atoms with Crippen molar-refractivity contribution in [3.63, 3.8) is 0 Å². The summed E-state index contributed by atoms with van der Waals surface area (Å²) >= 11 is 0. The molecule has 290 valence electrons. The lowest BCUT2D eigenvalue weighted by atomic mass is 10.0. The van der Waals surface area contributed by atoms with E-state index in [1.807, 2.05) is 0 Å². The average molecular weight is 724 g/mol. The molecule has 0 spiro atoms. The second-order valence-electron chi connectivity index (χ2n) is 12.8. The first-order chi connectivity index (χ1) is 24.4. The van der Waals surface area contributed by atoms with Gasteiger partial charge in [0, 0.05) is 19.6 Å². The standard InChI is InChI=1S/C41H74NO7P/c1-3-5-7-9-11-13-15-17-19-20-21-22-24-26-28-30-32-34-41(43)49-40(39-48-50(44,45)47-37-35-42)38-46-36-33-31-29-27-25-23-18-16-14-12-10-8-6-4-2/h5,7,11,13,17,19,21-22,26,28,40H,3-4,6,8-10,12,14-16,18,20,23-25,27,29-39,42H2,1-2H3,(H,44,45)/b7-5-,13-11-,19-17-,22-21-,28-26-. The van der Waals surface area contributed by atoms with Gasteiger partial charge < -0.3 is 20.1 Å². The van der Waals surface area contributed by atoms with Gasteiger partial charge in [0.05, 0.1) is 19.8 Å². The van der Waals surface area contributed by atoms with Crippen molar-refractivity contribution >= 4 is 13.8 Å². The van der Waals surface area contributed by atoms with Crippen molar-refractivity contribution in [2.75, 3.05) is 33.0 Å². The van der Waals surface area contributed by atoms with Crippen molar-refractivity contribution in [2.45, 2.75) is 161 Å². The molecule has 0 amide bonds. The first kappa shape index (κ1) is 48.2. The number of ether oxygens (including phenoxy) is 2. The molecule has 0 heterocycles. The Morgan fingerprint density at radius 1 is 0.620 bits per heavy atom. The van der Waals surface area contributed by atoms with Crippen LogP contribution in [-0.4, -0.2) is 49.9 Å². The van der Waals surface area contributed by atoms with Crippen LogP contribution in [0.2, 0.25) is 0 Å². The number of allylic oxidation sites excluding steroid dienone is 10. The molecule has 0 aliphatic rings. The minimum Gasteiger partial charge on any atom is -0.457 e. The second-order valence-corrected chi connectivity index (χ2v) is 14.2. The van der Waals surface area contributed by atoms with Crippen molar-refractivity contribution in [2.24, 2.45) is 5.73 Å². The Bertz CT molecular complexity index is 947. The first-order valence-electron chi connectivity index (χ1n) is 19.8. The van der Waals surface area contributed by atoms with Gasteiger partial charge in [-0.05, 0) is 51.4 Å². The molecule has 3 N–H and O–H groups in total. The average Bonchev–Trinajstić information content (AvgIpc) is 3.10. The number of phosphoric acid groups is 1. The molecule has 0 bridgehead atoms. The molecular formula is C41H74NO7P. The highest BCUT2D eigenvalue weighted by Gasteiger charge is 2.25. The van der Waals surface area contributed by atoms with Crippen LogP contribution < -0.4 is 5.73 Å². The van der Waals surface area contributed by atoms with Gasteiger partial charge in [0.15, 0.2) is 0 Å². The molecule has 0 aliphatic carbocycles. The third kappa shape index (κ3) is 37.5. The SMILES string of the molecule is CC/C=C\C/C=C\C/C=C\C/C=C\C/C=C\CCCC(=O)OC(COCCCCCCCCCCCCCCCC)COP(=O)(O)OCCN. The summed E-state index contributed by atoms with van der Waals surface area (Å²) in [6, 6.07) is 0. The van der Waals surface area contributed by atoms with Gasteiger partial charge >= 0.3 is 13.8 Å². The van der Waals surface area contributed by atoms with Gasteiger partial charge in [-0.1, -0.05) is 158 Å². The molecule has 9 heteroatoms. The highest BCUT2D eigenvalue weighted by molar-refractivity contribution is 7.47. The van der Waals surface area contributed by atoms with Gasteiger partial charge in [0.25, 0.3) is 0 Å². The number of carbonyl (C=O) groups excluding carboxylic acids is 1. The topological polar surface area (TPSA) is 117 Å². The molecule has 0 fully saturated rings. The Morgan fingerprint density at radius 2 is 1.10 bits per heavy atom. The normalized spacial score (nSPS) is 14.2. The third-order valence-corrected chi connectivity index (χ3v) is 8.93. The van der Waals surface area contributed by atoms with Crippen LogP contribution in [0, 0.1) is 0 Å². The van der Waals surface area contributed by atoms with Crippen LogP contribution >= 0.6 is 7.82 Å². The summed E-state index contributed by atoms with van der Waals surface area (Å²) in [4.78, 5) is 22.4. The van der Waals surface area contributed by atoms with Gasteiger partial charge in [0.2, 0.25) is 0 Å². The smallest absolute Gasteiger partial charge is 0.457 e. The van der Waals surface area contributed by atoms with E-state index in [4.69, 9.17) is 24.3 Å². The lowest BCUT2D eigenvalue weighted by molar-refractivity contribution is -0.154. The predicted molar refractivity (Wildman–Crippen MR) is 210 cm³/mol. The minimum absolute atomic E-state index is 0.0898. The van der Waals surface area contributed by atoms with Gasteiger partial charge in [-0.25, -0.2) is 4.57 Å². The molecule has 0 aromatic carbocycles. The monoisotopic (exact) mass is 724 g/mol. The number of hydrogen-bond donors (Lipinski definition) is 2. The Kier molecular flexibility index (Phi) is 37.0. The molecular weight excluding hydrogens is 649 g/mol. The van der Waals surface area contributed by atoms with Crippen LogP contribution in [0.1, 0.15) is 155 Å². The summed E-state index contributed by atoms with van der Waals surface area (Å²) < 4.78 is 33.3. The van der Waals surface area contributed by atoms with E-state index in [1.165, 1.54) is 77.0 Å². The summed E-state index contributed by atoms with van der Waals surface area (Å²) in [6.07, 6.45) is 45.3. The van der Waals surface area contributed by atoms with Gasteiger partial charge in [-0.15, -0.1) is 0 Å². The Labute approximate surface area is 306 Å². The van der Waals surface area contributed by atoms with Crippen LogP contribution in [0.25, 0.3) is 0 Å². The molecule has 0 aromatic rings. The molecule has 0 saturated heterocycles. The van der Waals surface area contributed by atoms with Crippen molar-refractivity contribution < 1.29 is 32.8 Å². The van der Waals surface area contributed by atoms with E-state index >= 15 is 0 Å². The molecule has 50 heavy (non-hydrogen) atoms. The summed E-state index contributed by atoms with van der Waals surface area (Å²) in [5.41, 5.74) is 5.35. The van der Waals surface area contributed by atoms with Crippen molar-refractivity contribution in [1.82, 2.24) is 0 Å². The van der Waals surface area contributed by atoms with E-state index in [0.29, 0.717) is 13.0 Å². The lowest BCUT2D eigenvalue weighted by Gasteiger charge is -2.20. The molecule has 2 unspecified atom stereocenters. The van der Waals surface area contributed by atoms with Gasteiger partial charge in [-0.2, -0.15) is 0 Å². The predicted octanol–water partition coefficient (Wildman–Crippen LogP) is 11.4. The van der Waals surface area contributed by atoms with Crippen molar-refractivity contribution in [3.8, 4) is 0 Å². The zero-order valence-corrected chi connectivity index (χ0v) is 32.8.